The molecule has 3 N–H and O–H groups in total. The molecule has 0 saturated carbocycles. The highest BCUT2D eigenvalue weighted by Gasteiger charge is 2.36. The Morgan fingerprint density at radius 1 is 1.43 bits per heavy atom. The minimum Gasteiger partial charge on any atom is -0.466 e. The predicted molar refractivity (Wildman–Crippen MR) is 115 cm³/mol. The standard InChI is InChI=1S/C21H20ClFN4O2S/c1-29-21(28)16-17(11-2-5-13(24)6-3-11)26-19(20-25-8-9-30-20)27-18(16)14-7-4-12(23)10-15(14)22/h4-5,7-11,18H,2-3,6,24H2,1H3,(H,26,27)/t11-,18?/m0/s1. The van der Waals surface area contributed by atoms with E-state index in [9.17, 15) is 9.18 Å². The highest BCUT2D eigenvalue weighted by atomic mass is 35.5. The Labute approximate surface area is 182 Å². The second kappa shape index (κ2) is 8.57. The minimum absolute atomic E-state index is 0.0265. The number of ether oxygens (including phenoxy) is 1. The third-order valence-corrected chi connectivity index (χ3v) is 6.33. The quantitative estimate of drug-likeness (QED) is 0.690. The number of methoxy groups -OCH3 is 1. The SMILES string of the molecule is COC(=O)C1=C([C@H]2CC=C(N)CC2)NC(c2nccs2)=NC1c1ccc(F)cc1Cl. The summed E-state index contributed by atoms with van der Waals surface area (Å²) in [4.78, 5) is 22.0. The van der Waals surface area contributed by atoms with Crippen LogP contribution < -0.4 is 11.1 Å². The summed E-state index contributed by atoms with van der Waals surface area (Å²) >= 11 is 7.79. The number of nitrogens with one attached hydrogen (secondary N) is 1. The van der Waals surface area contributed by atoms with Crippen LogP contribution in [0.15, 0.2) is 57.8 Å². The van der Waals surface area contributed by atoms with Crippen molar-refractivity contribution in [1.82, 2.24) is 10.3 Å². The second-order valence-corrected chi connectivity index (χ2v) is 8.38. The molecular formula is C21H20ClFN4O2S. The molecule has 1 aliphatic carbocycles. The number of nitrogens with two attached hydrogens (primary N) is 1. The molecule has 0 radical (unpaired) electrons. The van der Waals surface area contributed by atoms with Gasteiger partial charge in [-0.15, -0.1) is 11.3 Å². The largest absolute Gasteiger partial charge is 0.466 e. The summed E-state index contributed by atoms with van der Waals surface area (Å²) in [6.45, 7) is 0. The average molecular weight is 447 g/mol. The van der Waals surface area contributed by atoms with E-state index < -0.39 is 17.8 Å². The molecule has 1 aliphatic heterocycles. The van der Waals surface area contributed by atoms with Crippen molar-refractivity contribution in [3.8, 4) is 0 Å². The normalized spacial score (nSPS) is 21.6. The molecule has 0 spiro atoms. The number of rotatable bonds is 4. The fraction of sp³-hybridized carbons (Fsp3) is 0.286. The van der Waals surface area contributed by atoms with Crippen LogP contribution >= 0.6 is 22.9 Å². The molecule has 1 unspecified atom stereocenters. The van der Waals surface area contributed by atoms with Crippen molar-refractivity contribution < 1.29 is 13.9 Å². The first kappa shape index (κ1) is 20.6. The Kier molecular flexibility index (Phi) is 5.87. The van der Waals surface area contributed by atoms with Crippen molar-refractivity contribution in [2.45, 2.75) is 25.3 Å². The van der Waals surface area contributed by atoms with Gasteiger partial charge < -0.3 is 15.8 Å². The Balaban J connectivity index is 1.88. The molecule has 156 valence electrons. The summed E-state index contributed by atoms with van der Waals surface area (Å²) in [5, 5.41) is 6.05. The van der Waals surface area contributed by atoms with Crippen LogP contribution in [-0.2, 0) is 9.53 Å². The Bertz CT molecular complexity index is 1060. The number of esters is 1. The number of amidine groups is 1. The number of allylic oxidation sites excluding steroid dienone is 3. The third kappa shape index (κ3) is 3.97. The van der Waals surface area contributed by atoms with Crippen molar-refractivity contribution in [3.63, 3.8) is 0 Å². The first-order valence-electron chi connectivity index (χ1n) is 9.44. The van der Waals surface area contributed by atoms with Gasteiger partial charge in [0, 0.05) is 39.5 Å². The number of hydrogen-bond donors (Lipinski definition) is 2. The third-order valence-electron chi connectivity index (χ3n) is 5.23. The lowest BCUT2D eigenvalue weighted by Crippen LogP contribution is -2.37. The average Bonchev–Trinajstić information content (AvgIpc) is 3.28. The van der Waals surface area contributed by atoms with Crippen LogP contribution in [0, 0.1) is 11.7 Å². The van der Waals surface area contributed by atoms with Crippen LogP contribution in [0.4, 0.5) is 4.39 Å². The summed E-state index contributed by atoms with van der Waals surface area (Å²) < 4.78 is 18.8. The Morgan fingerprint density at radius 2 is 2.27 bits per heavy atom. The minimum atomic E-state index is -0.746. The van der Waals surface area contributed by atoms with Crippen molar-refractivity contribution in [2.75, 3.05) is 7.11 Å². The Hall–Kier alpha value is -2.71. The first-order valence-corrected chi connectivity index (χ1v) is 10.7. The number of nitrogens with zero attached hydrogens (tertiary/aromatic N) is 2. The molecular weight excluding hydrogens is 427 g/mol. The lowest BCUT2D eigenvalue weighted by atomic mass is 9.84. The maximum absolute atomic E-state index is 13.7. The molecule has 4 rings (SSSR count). The van der Waals surface area contributed by atoms with Crippen LogP contribution in [0.25, 0.3) is 0 Å². The maximum Gasteiger partial charge on any atom is 0.338 e. The summed E-state index contributed by atoms with van der Waals surface area (Å²) in [7, 11) is 1.33. The summed E-state index contributed by atoms with van der Waals surface area (Å²) in [5.41, 5.74) is 8.40. The van der Waals surface area contributed by atoms with Gasteiger partial charge >= 0.3 is 5.97 Å². The first-order chi connectivity index (χ1) is 14.5. The van der Waals surface area contributed by atoms with Crippen LogP contribution in [0.3, 0.4) is 0 Å². The molecule has 1 aromatic carbocycles. The van der Waals surface area contributed by atoms with E-state index in [1.165, 1.54) is 30.6 Å². The van der Waals surface area contributed by atoms with Gasteiger partial charge in [-0.25, -0.2) is 14.2 Å². The molecule has 0 fully saturated rings. The number of halogens is 2. The lowest BCUT2D eigenvalue weighted by Gasteiger charge is -2.32. The van der Waals surface area contributed by atoms with Crippen molar-refractivity contribution in [1.29, 1.82) is 0 Å². The van der Waals surface area contributed by atoms with E-state index in [1.807, 2.05) is 11.5 Å². The number of hydrogen-bond acceptors (Lipinski definition) is 7. The molecule has 2 aromatic rings. The monoisotopic (exact) mass is 446 g/mol. The van der Waals surface area contributed by atoms with Gasteiger partial charge in [-0.2, -0.15) is 0 Å². The van der Waals surface area contributed by atoms with E-state index in [-0.39, 0.29) is 10.9 Å². The number of carbonyl (C=O) groups is 1. The van der Waals surface area contributed by atoms with E-state index in [1.54, 1.807) is 12.3 Å². The zero-order valence-corrected chi connectivity index (χ0v) is 17.8. The summed E-state index contributed by atoms with van der Waals surface area (Å²) in [6, 6.07) is 3.33. The van der Waals surface area contributed by atoms with Crippen molar-refractivity contribution >= 4 is 34.7 Å². The molecule has 0 bridgehead atoms. The van der Waals surface area contributed by atoms with Gasteiger partial charge in [0.15, 0.2) is 10.8 Å². The molecule has 2 atom stereocenters. The van der Waals surface area contributed by atoms with Gasteiger partial charge in [-0.05, 0) is 31.4 Å². The lowest BCUT2D eigenvalue weighted by molar-refractivity contribution is -0.136. The molecule has 0 amide bonds. The molecule has 2 heterocycles. The topological polar surface area (TPSA) is 89.6 Å². The molecule has 6 nitrogen and oxygen atoms in total. The molecule has 30 heavy (non-hydrogen) atoms. The number of benzene rings is 1. The van der Waals surface area contributed by atoms with Crippen LogP contribution in [0.2, 0.25) is 5.02 Å². The second-order valence-electron chi connectivity index (χ2n) is 7.08. The highest BCUT2D eigenvalue weighted by Crippen LogP contribution is 2.40. The van der Waals surface area contributed by atoms with Crippen LogP contribution in [0.1, 0.15) is 35.9 Å². The van der Waals surface area contributed by atoms with Crippen molar-refractivity contribution in [2.24, 2.45) is 16.6 Å². The van der Waals surface area contributed by atoms with Crippen LogP contribution in [0.5, 0.6) is 0 Å². The fourth-order valence-corrected chi connectivity index (χ4v) is 4.59. The van der Waals surface area contributed by atoms with Gasteiger partial charge in [0.25, 0.3) is 0 Å². The smallest absolute Gasteiger partial charge is 0.338 e. The number of aromatic nitrogens is 1. The molecule has 9 heteroatoms. The van der Waals surface area contributed by atoms with Gasteiger partial charge in [-0.1, -0.05) is 23.7 Å². The number of thiazole rings is 1. The zero-order valence-electron chi connectivity index (χ0n) is 16.2. The molecule has 0 saturated heterocycles. The zero-order chi connectivity index (χ0) is 21.3. The van der Waals surface area contributed by atoms with Gasteiger partial charge in [0.05, 0.1) is 12.7 Å². The number of aliphatic imine (C=N–C) groups is 1. The van der Waals surface area contributed by atoms with Crippen LogP contribution in [-0.4, -0.2) is 23.9 Å². The van der Waals surface area contributed by atoms with Gasteiger partial charge in [0.1, 0.15) is 11.9 Å². The van der Waals surface area contributed by atoms with E-state index >= 15 is 0 Å². The predicted octanol–water partition coefficient (Wildman–Crippen LogP) is 4.10. The van der Waals surface area contributed by atoms with E-state index in [0.29, 0.717) is 28.4 Å². The number of carbonyl (C=O) groups excluding carboxylic acids is 1. The fourth-order valence-electron chi connectivity index (χ4n) is 3.74. The van der Waals surface area contributed by atoms with E-state index in [2.05, 4.69) is 10.3 Å². The summed E-state index contributed by atoms with van der Waals surface area (Å²) in [5.74, 6) is -0.398. The highest BCUT2D eigenvalue weighted by molar-refractivity contribution is 7.11. The van der Waals surface area contributed by atoms with E-state index in [4.69, 9.17) is 27.1 Å². The van der Waals surface area contributed by atoms with E-state index in [0.717, 1.165) is 24.2 Å². The molecule has 2 aliphatic rings. The van der Waals surface area contributed by atoms with Gasteiger partial charge in [-0.3, -0.25) is 4.99 Å². The summed E-state index contributed by atoms with van der Waals surface area (Å²) in [6.07, 6.45) is 5.86. The maximum atomic E-state index is 13.7. The Morgan fingerprint density at radius 3 is 2.90 bits per heavy atom. The molecule has 1 aromatic heterocycles. The van der Waals surface area contributed by atoms with Gasteiger partial charge in [0.2, 0.25) is 0 Å². The van der Waals surface area contributed by atoms with Crippen molar-refractivity contribution in [3.05, 3.63) is 74.2 Å².